The van der Waals surface area contributed by atoms with Crippen molar-refractivity contribution in [1.82, 2.24) is 5.32 Å². The number of halogens is 3. The second kappa shape index (κ2) is 8.70. The van der Waals surface area contributed by atoms with E-state index in [-0.39, 0.29) is 17.2 Å². The van der Waals surface area contributed by atoms with Crippen molar-refractivity contribution in [3.63, 3.8) is 0 Å². The lowest BCUT2D eigenvalue weighted by molar-refractivity contribution is -0.137. The number of amides is 2. The summed E-state index contributed by atoms with van der Waals surface area (Å²) in [4.78, 5) is 24.5. The van der Waals surface area contributed by atoms with Gasteiger partial charge >= 0.3 is 6.18 Å². The minimum Gasteiger partial charge on any atom is -0.352 e. The molecule has 0 saturated carbocycles. The highest BCUT2D eigenvalue weighted by atomic mass is 19.4. The van der Waals surface area contributed by atoms with Crippen LogP contribution in [0.5, 0.6) is 0 Å². The third-order valence-electron chi connectivity index (χ3n) is 3.84. The highest BCUT2D eigenvalue weighted by Crippen LogP contribution is 2.30. The first-order valence-electron chi connectivity index (χ1n) is 8.53. The Kier molecular flexibility index (Phi) is 6.60. The van der Waals surface area contributed by atoms with Gasteiger partial charge in [-0.25, -0.2) is 0 Å². The molecule has 0 unspecified atom stereocenters. The van der Waals surface area contributed by atoms with Crippen LogP contribution in [-0.2, 0) is 6.18 Å². The minimum absolute atomic E-state index is 0.0293. The Morgan fingerprint density at radius 1 is 0.963 bits per heavy atom. The number of alkyl halides is 3. The van der Waals surface area contributed by atoms with Crippen LogP contribution in [0, 0.1) is 5.92 Å². The van der Waals surface area contributed by atoms with Gasteiger partial charge in [-0.1, -0.05) is 26.0 Å². The number of anilines is 1. The summed E-state index contributed by atoms with van der Waals surface area (Å²) in [7, 11) is 0. The summed E-state index contributed by atoms with van der Waals surface area (Å²) < 4.78 is 38.3. The summed E-state index contributed by atoms with van der Waals surface area (Å²) >= 11 is 0. The average Bonchev–Trinajstić information content (AvgIpc) is 2.61. The molecule has 2 N–H and O–H groups in total. The van der Waals surface area contributed by atoms with E-state index in [1.165, 1.54) is 24.3 Å². The number of hydrogen-bond donors (Lipinski definition) is 2. The van der Waals surface area contributed by atoms with Crippen LogP contribution in [0.1, 0.15) is 46.5 Å². The molecule has 27 heavy (non-hydrogen) atoms. The Hall–Kier alpha value is -2.83. The molecule has 0 aromatic heterocycles. The molecule has 7 heteroatoms. The summed E-state index contributed by atoms with van der Waals surface area (Å²) in [6.45, 7) is 4.62. The zero-order valence-corrected chi connectivity index (χ0v) is 15.1. The van der Waals surface area contributed by atoms with Gasteiger partial charge in [-0.2, -0.15) is 13.2 Å². The quantitative estimate of drug-likeness (QED) is 0.763. The Morgan fingerprint density at radius 3 is 2.22 bits per heavy atom. The number of benzene rings is 2. The highest BCUT2D eigenvalue weighted by molar-refractivity contribution is 6.06. The van der Waals surface area contributed by atoms with E-state index < -0.39 is 17.6 Å². The summed E-state index contributed by atoms with van der Waals surface area (Å²) in [5.41, 5.74) is -0.320. The zero-order valence-electron chi connectivity index (χ0n) is 15.1. The van der Waals surface area contributed by atoms with Crippen LogP contribution < -0.4 is 10.6 Å². The standard InChI is InChI=1S/C20H21F3N2O2/c1-13(2)9-10-24-18(26)14-5-3-6-15(11-14)19(27)25-17-8-4-7-16(12-17)20(21,22)23/h3-8,11-13H,9-10H2,1-2H3,(H,24,26)(H,25,27). The first kappa shape index (κ1) is 20.5. The number of rotatable bonds is 6. The zero-order chi connectivity index (χ0) is 20.0. The van der Waals surface area contributed by atoms with Crippen molar-refractivity contribution >= 4 is 17.5 Å². The second-order valence-corrected chi connectivity index (χ2v) is 6.55. The summed E-state index contributed by atoms with van der Waals surface area (Å²) in [6, 6.07) is 10.4. The molecule has 2 aromatic rings. The molecule has 0 aliphatic heterocycles. The topological polar surface area (TPSA) is 58.2 Å². The molecule has 4 nitrogen and oxygen atoms in total. The largest absolute Gasteiger partial charge is 0.416 e. The molecule has 2 amide bonds. The molecule has 2 rings (SSSR count). The maximum Gasteiger partial charge on any atom is 0.416 e. The Bertz CT molecular complexity index is 817. The molecule has 0 aliphatic carbocycles. The van der Waals surface area contributed by atoms with Crippen LogP contribution in [0.3, 0.4) is 0 Å². The average molecular weight is 378 g/mol. The first-order valence-corrected chi connectivity index (χ1v) is 8.53. The molecule has 0 atom stereocenters. The van der Waals surface area contributed by atoms with E-state index in [0.29, 0.717) is 18.0 Å². The SMILES string of the molecule is CC(C)CCNC(=O)c1cccc(C(=O)Nc2cccc(C(F)(F)F)c2)c1. The molecule has 0 radical (unpaired) electrons. The predicted octanol–water partition coefficient (Wildman–Crippen LogP) is 4.73. The lowest BCUT2D eigenvalue weighted by atomic mass is 10.1. The number of carbonyl (C=O) groups excluding carboxylic acids is 2. The van der Waals surface area contributed by atoms with E-state index in [4.69, 9.17) is 0 Å². The Labute approximate surface area is 155 Å². The van der Waals surface area contributed by atoms with Crippen LogP contribution >= 0.6 is 0 Å². The smallest absolute Gasteiger partial charge is 0.352 e. The molecule has 0 aliphatic rings. The molecule has 0 spiro atoms. The third-order valence-corrected chi connectivity index (χ3v) is 3.84. The summed E-state index contributed by atoms with van der Waals surface area (Å²) in [5.74, 6) is -0.439. The van der Waals surface area contributed by atoms with E-state index in [2.05, 4.69) is 10.6 Å². The highest BCUT2D eigenvalue weighted by Gasteiger charge is 2.30. The predicted molar refractivity (Wildman–Crippen MR) is 97.6 cm³/mol. The van der Waals surface area contributed by atoms with Gasteiger partial charge in [0.25, 0.3) is 11.8 Å². The molecule has 0 bridgehead atoms. The fourth-order valence-corrected chi connectivity index (χ4v) is 2.35. The third kappa shape index (κ3) is 6.13. The normalized spacial score (nSPS) is 11.3. The van der Waals surface area contributed by atoms with E-state index >= 15 is 0 Å². The molecule has 144 valence electrons. The lowest BCUT2D eigenvalue weighted by Gasteiger charge is -2.11. The number of carbonyl (C=O) groups is 2. The molecule has 0 heterocycles. The van der Waals surface area contributed by atoms with Gasteiger partial charge < -0.3 is 10.6 Å². The maximum absolute atomic E-state index is 12.8. The van der Waals surface area contributed by atoms with E-state index in [1.807, 2.05) is 13.8 Å². The van der Waals surface area contributed by atoms with Crippen molar-refractivity contribution in [2.24, 2.45) is 5.92 Å². The maximum atomic E-state index is 12.8. The fraction of sp³-hybridized carbons (Fsp3) is 0.300. The van der Waals surface area contributed by atoms with Gasteiger partial charge in [-0.05, 0) is 48.7 Å². The molecule has 0 saturated heterocycles. The van der Waals surface area contributed by atoms with Crippen molar-refractivity contribution < 1.29 is 22.8 Å². The Balaban J connectivity index is 2.08. The molecular weight excluding hydrogens is 357 g/mol. The van der Waals surface area contributed by atoms with Crippen molar-refractivity contribution in [2.45, 2.75) is 26.4 Å². The van der Waals surface area contributed by atoms with Gasteiger partial charge in [0.1, 0.15) is 0 Å². The number of hydrogen-bond acceptors (Lipinski definition) is 2. The van der Waals surface area contributed by atoms with Crippen LogP contribution in [0.4, 0.5) is 18.9 Å². The van der Waals surface area contributed by atoms with Gasteiger partial charge in [0.05, 0.1) is 5.56 Å². The van der Waals surface area contributed by atoms with Crippen LogP contribution in [0.25, 0.3) is 0 Å². The van der Waals surface area contributed by atoms with Crippen molar-refractivity contribution in [3.8, 4) is 0 Å². The van der Waals surface area contributed by atoms with Crippen molar-refractivity contribution in [1.29, 1.82) is 0 Å². The molecular formula is C20H21F3N2O2. The first-order chi connectivity index (χ1) is 12.7. The minimum atomic E-state index is -4.49. The van der Waals surface area contributed by atoms with E-state index in [9.17, 15) is 22.8 Å². The Morgan fingerprint density at radius 2 is 1.59 bits per heavy atom. The van der Waals surface area contributed by atoms with E-state index in [0.717, 1.165) is 18.6 Å². The van der Waals surface area contributed by atoms with Gasteiger partial charge in [-0.3, -0.25) is 9.59 Å². The summed E-state index contributed by atoms with van der Waals surface area (Å²) in [5, 5.41) is 5.20. The number of nitrogens with one attached hydrogen (secondary N) is 2. The van der Waals surface area contributed by atoms with Crippen molar-refractivity contribution in [2.75, 3.05) is 11.9 Å². The van der Waals surface area contributed by atoms with Crippen molar-refractivity contribution in [3.05, 3.63) is 65.2 Å². The van der Waals surface area contributed by atoms with E-state index in [1.54, 1.807) is 12.1 Å². The monoisotopic (exact) mass is 378 g/mol. The lowest BCUT2D eigenvalue weighted by Crippen LogP contribution is -2.25. The van der Waals surface area contributed by atoms with Crippen LogP contribution in [-0.4, -0.2) is 18.4 Å². The molecule has 0 fully saturated rings. The van der Waals surface area contributed by atoms with Crippen LogP contribution in [0.15, 0.2) is 48.5 Å². The van der Waals surface area contributed by atoms with Crippen LogP contribution in [0.2, 0.25) is 0 Å². The second-order valence-electron chi connectivity index (χ2n) is 6.55. The van der Waals surface area contributed by atoms with Gasteiger partial charge in [-0.15, -0.1) is 0 Å². The van der Waals surface area contributed by atoms with Gasteiger partial charge in [0, 0.05) is 23.4 Å². The summed E-state index contributed by atoms with van der Waals surface area (Å²) in [6.07, 6.45) is -3.66. The molecule has 2 aromatic carbocycles. The fourth-order valence-electron chi connectivity index (χ4n) is 2.35. The van der Waals surface area contributed by atoms with Gasteiger partial charge in [0.2, 0.25) is 0 Å². The van der Waals surface area contributed by atoms with Gasteiger partial charge in [0.15, 0.2) is 0 Å².